The Morgan fingerprint density at radius 1 is 1.42 bits per heavy atom. The van der Waals surface area contributed by atoms with Crippen molar-refractivity contribution in [2.75, 3.05) is 39.2 Å². The Balaban J connectivity index is 2.46. The SMILES string of the molecule is CSCCNC(=NCC(=O)N(C)C)NC1CC=CC1. The van der Waals surface area contributed by atoms with Crippen LogP contribution in [0.1, 0.15) is 12.8 Å². The van der Waals surface area contributed by atoms with Gasteiger partial charge in [0.1, 0.15) is 6.54 Å². The summed E-state index contributed by atoms with van der Waals surface area (Å²) in [6.45, 7) is 1.03. The zero-order chi connectivity index (χ0) is 14.1. The van der Waals surface area contributed by atoms with Gasteiger partial charge in [0, 0.05) is 32.4 Å². The number of rotatable bonds is 6. The molecule has 0 unspecified atom stereocenters. The van der Waals surface area contributed by atoms with Gasteiger partial charge < -0.3 is 15.5 Å². The number of guanidine groups is 1. The summed E-state index contributed by atoms with van der Waals surface area (Å²) in [6.07, 6.45) is 8.45. The van der Waals surface area contributed by atoms with Crippen LogP contribution in [-0.2, 0) is 4.79 Å². The van der Waals surface area contributed by atoms with Crippen LogP contribution in [0.3, 0.4) is 0 Å². The Hall–Kier alpha value is -1.17. The zero-order valence-corrected chi connectivity index (χ0v) is 12.8. The van der Waals surface area contributed by atoms with Gasteiger partial charge >= 0.3 is 0 Å². The minimum absolute atomic E-state index is 0.00973. The first kappa shape index (κ1) is 15.9. The molecule has 6 heteroatoms. The van der Waals surface area contributed by atoms with E-state index in [1.807, 2.05) is 0 Å². The van der Waals surface area contributed by atoms with Crippen molar-refractivity contribution < 1.29 is 4.79 Å². The molecular weight excluding hydrogens is 260 g/mol. The van der Waals surface area contributed by atoms with Crippen LogP contribution in [0.2, 0.25) is 0 Å². The summed E-state index contributed by atoms with van der Waals surface area (Å²) in [7, 11) is 3.49. The maximum absolute atomic E-state index is 11.6. The highest BCUT2D eigenvalue weighted by Crippen LogP contribution is 2.08. The third kappa shape index (κ3) is 6.52. The van der Waals surface area contributed by atoms with Crippen LogP contribution in [0.25, 0.3) is 0 Å². The molecule has 1 aliphatic carbocycles. The standard InChI is InChI=1S/C13H24N4OS/c1-17(2)12(18)10-15-13(14-8-9-19-3)16-11-6-4-5-7-11/h4-5,11H,6-10H2,1-3H3,(H2,14,15,16). The molecule has 0 atom stereocenters. The third-order valence-electron chi connectivity index (χ3n) is 2.82. The molecular formula is C13H24N4OS. The van der Waals surface area contributed by atoms with E-state index in [4.69, 9.17) is 0 Å². The predicted molar refractivity (Wildman–Crippen MR) is 82.7 cm³/mol. The number of carbonyl (C=O) groups is 1. The number of thioether (sulfide) groups is 1. The second-order valence-corrected chi connectivity index (χ2v) is 5.64. The molecule has 2 N–H and O–H groups in total. The number of hydrogen-bond donors (Lipinski definition) is 2. The molecule has 5 nitrogen and oxygen atoms in total. The highest BCUT2D eigenvalue weighted by molar-refractivity contribution is 7.98. The zero-order valence-electron chi connectivity index (χ0n) is 12.0. The fraction of sp³-hybridized carbons (Fsp3) is 0.692. The molecule has 108 valence electrons. The lowest BCUT2D eigenvalue weighted by Crippen LogP contribution is -2.44. The molecule has 1 amide bonds. The summed E-state index contributed by atoms with van der Waals surface area (Å²) in [5, 5.41) is 6.63. The van der Waals surface area contributed by atoms with Gasteiger partial charge in [-0.3, -0.25) is 4.79 Å². The lowest BCUT2D eigenvalue weighted by Gasteiger charge is -2.17. The predicted octanol–water partition coefficient (Wildman–Crippen LogP) is 0.691. The van der Waals surface area contributed by atoms with Crippen LogP contribution < -0.4 is 10.6 Å². The van der Waals surface area contributed by atoms with E-state index in [1.54, 1.807) is 30.8 Å². The Morgan fingerprint density at radius 3 is 2.68 bits per heavy atom. The topological polar surface area (TPSA) is 56.7 Å². The molecule has 19 heavy (non-hydrogen) atoms. The Morgan fingerprint density at radius 2 is 2.11 bits per heavy atom. The molecule has 0 bridgehead atoms. The molecule has 1 aliphatic rings. The number of nitrogens with one attached hydrogen (secondary N) is 2. The fourth-order valence-electron chi connectivity index (χ4n) is 1.64. The maximum atomic E-state index is 11.6. The van der Waals surface area contributed by atoms with E-state index >= 15 is 0 Å². The molecule has 0 aromatic rings. The lowest BCUT2D eigenvalue weighted by atomic mass is 10.2. The molecule has 0 fully saturated rings. The number of likely N-dealkylation sites (N-methyl/N-ethyl adjacent to an activating group) is 1. The summed E-state index contributed by atoms with van der Waals surface area (Å²) in [6, 6.07) is 0.398. The fourth-order valence-corrected chi connectivity index (χ4v) is 1.95. The van der Waals surface area contributed by atoms with Crippen molar-refractivity contribution in [3.63, 3.8) is 0 Å². The summed E-state index contributed by atoms with van der Waals surface area (Å²) in [5.74, 6) is 1.76. The highest BCUT2D eigenvalue weighted by atomic mass is 32.2. The minimum atomic E-state index is 0.00973. The Kier molecular flexibility index (Phi) is 7.40. The van der Waals surface area contributed by atoms with Crippen LogP contribution in [0.15, 0.2) is 17.1 Å². The van der Waals surface area contributed by atoms with Crippen LogP contribution in [-0.4, -0.2) is 62.0 Å². The largest absolute Gasteiger partial charge is 0.356 e. The van der Waals surface area contributed by atoms with E-state index in [9.17, 15) is 4.79 Å². The minimum Gasteiger partial charge on any atom is -0.356 e. The smallest absolute Gasteiger partial charge is 0.243 e. The van der Waals surface area contributed by atoms with Gasteiger partial charge in [0.15, 0.2) is 5.96 Å². The molecule has 0 heterocycles. The van der Waals surface area contributed by atoms with E-state index in [1.165, 1.54) is 0 Å². The lowest BCUT2D eigenvalue weighted by molar-refractivity contribution is -0.127. The number of hydrogen-bond acceptors (Lipinski definition) is 3. The molecule has 0 spiro atoms. The van der Waals surface area contributed by atoms with Crippen molar-refractivity contribution >= 4 is 23.6 Å². The van der Waals surface area contributed by atoms with E-state index in [-0.39, 0.29) is 12.5 Å². The summed E-state index contributed by atoms with van der Waals surface area (Å²) < 4.78 is 0. The van der Waals surface area contributed by atoms with Gasteiger partial charge in [-0.2, -0.15) is 11.8 Å². The van der Waals surface area contributed by atoms with Crippen LogP contribution in [0, 0.1) is 0 Å². The van der Waals surface area contributed by atoms with Crippen molar-refractivity contribution in [2.24, 2.45) is 4.99 Å². The Labute approximate surface area is 119 Å². The van der Waals surface area contributed by atoms with Gasteiger partial charge in [0.2, 0.25) is 5.91 Å². The first-order valence-corrected chi connectivity index (χ1v) is 7.91. The monoisotopic (exact) mass is 284 g/mol. The first-order chi connectivity index (χ1) is 9.13. The van der Waals surface area contributed by atoms with E-state index < -0.39 is 0 Å². The molecule has 0 saturated heterocycles. The molecule has 0 radical (unpaired) electrons. The molecule has 1 rings (SSSR count). The van der Waals surface area contributed by atoms with Gasteiger partial charge in [-0.15, -0.1) is 0 Å². The second kappa shape index (κ2) is 8.85. The number of amides is 1. The molecule has 0 saturated carbocycles. The van der Waals surface area contributed by atoms with Gasteiger partial charge in [0.25, 0.3) is 0 Å². The van der Waals surface area contributed by atoms with Crippen molar-refractivity contribution in [1.29, 1.82) is 0 Å². The second-order valence-electron chi connectivity index (χ2n) is 4.66. The summed E-state index contributed by atoms with van der Waals surface area (Å²) in [4.78, 5) is 17.5. The number of aliphatic imine (C=N–C) groups is 1. The van der Waals surface area contributed by atoms with Gasteiger partial charge in [0.05, 0.1) is 0 Å². The van der Waals surface area contributed by atoms with E-state index in [0.29, 0.717) is 6.04 Å². The van der Waals surface area contributed by atoms with Crippen LogP contribution in [0.5, 0.6) is 0 Å². The average molecular weight is 284 g/mol. The van der Waals surface area contributed by atoms with Crippen molar-refractivity contribution in [3.05, 3.63) is 12.2 Å². The maximum Gasteiger partial charge on any atom is 0.243 e. The van der Waals surface area contributed by atoms with Crippen molar-refractivity contribution in [1.82, 2.24) is 15.5 Å². The average Bonchev–Trinajstić information content (AvgIpc) is 2.88. The van der Waals surface area contributed by atoms with Crippen LogP contribution >= 0.6 is 11.8 Å². The van der Waals surface area contributed by atoms with E-state index in [2.05, 4.69) is 34.0 Å². The summed E-state index contributed by atoms with van der Waals surface area (Å²) in [5.41, 5.74) is 0. The normalized spacial score (nSPS) is 15.6. The van der Waals surface area contributed by atoms with Crippen molar-refractivity contribution in [3.8, 4) is 0 Å². The molecule has 0 aliphatic heterocycles. The molecule has 0 aromatic heterocycles. The van der Waals surface area contributed by atoms with Gasteiger partial charge in [-0.25, -0.2) is 4.99 Å². The number of nitrogens with zero attached hydrogens (tertiary/aromatic N) is 2. The van der Waals surface area contributed by atoms with Crippen LogP contribution in [0.4, 0.5) is 0 Å². The third-order valence-corrected chi connectivity index (χ3v) is 3.43. The highest BCUT2D eigenvalue weighted by Gasteiger charge is 2.12. The Bertz CT molecular complexity index is 334. The molecule has 0 aromatic carbocycles. The van der Waals surface area contributed by atoms with Crippen molar-refractivity contribution in [2.45, 2.75) is 18.9 Å². The number of carbonyl (C=O) groups excluding carboxylic acids is 1. The van der Waals surface area contributed by atoms with Gasteiger partial charge in [-0.05, 0) is 19.1 Å². The quantitative estimate of drug-likeness (QED) is 0.326. The first-order valence-electron chi connectivity index (χ1n) is 6.52. The summed E-state index contributed by atoms with van der Waals surface area (Å²) >= 11 is 1.78. The van der Waals surface area contributed by atoms with E-state index in [0.717, 1.165) is 31.1 Å². The van der Waals surface area contributed by atoms with Gasteiger partial charge in [-0.1, -0.05) is 12.2 Å².